The number of esters is 1. The second kappa shape index (κ2) is 6.55. The molecule has 1 fully saturated rings. The summed E-state index contributed by atoms with van der Waals surface area (Å²) in [5.41, 5.74) is 0.0335. The SMILES string of the molecule is COC(=O)C1CN(C(=O)Nc2sccc2C(=O)O)CCO1. The van der Waals surface area contributed by atoms with Crippen molar-refractivity contribution >= 4 is 34.3 Å². The van der Waals surface area contributed by atoms with Gasteiger partial charge in [0.25, 0.3) is 0 Å². The number of hydrogen-bond donors (Lipinski definition) is 2. The van der Waals surface area contributed by atoms with Crippen LogP contribution in [0.2, 0.25) is 0 Å². The maximum atomic E-state index is 12.1. The number of carbonyl (C=O) groups is 3. The number of morpholine rings is 1. The highest BCUT2D eigenvalue weighted by Crippen LogP contribution is 2.23. The Bertz CT molecular complexity index is 558. The first-order valence-corrected chi connectivity index (χ1v) is 6.97. The minimum absolute atomic E-state index is 0.0335. The predicted octanol–water partition coefficient (Wildman–Crippen LogP) is 0.852. The van der Waals surface area contributed by atoms with Crippen LogP contribution >= 0.6 is 11.3 Å². The van der Waals surface area contributed by atoms with Crippen molar-refractivity contribution in [2.24, 2.45) is 0 Å². The fourth-order valence-corrected chi connectivity index (χ4v) is 2.63. The zero-order chi connectivity index (χ0) is 15.4. The van der Waals surface area contributed by atoms with E-state index in [1.54, 1.807) is 5.38 Å². The molecule has 0 radical (unpaired) electrons. The maximum Gasteiger partial charge on any atom is 0.338 e. The molecule has 9 heteroatoms. The zero-order valence-electron chi connectivity index (χ0n) is 11.2. The van der Waals surface area contributed by atoms with Gasteiger partial charge in [0.15, 0.2) is 6.10 Å². The minimum atomic E-state index is -1.11. The number of urea groups is 1. The van der Waals surface area contributed by atoms with E-state index in [9.17, 15) is 14.4 Å². The zero-order valence-corrected chi connectivity index (χ0v) is 12.0. The molecule has 1 unspecified atom stereocenters. The number of carboxylic acid groups (broad SMARTS) is 1. The molecule has 2 N–H and O–H groups in total. The number of carboxylic acids is 1. The third kappa shape index (κ3) is 3.50. The van der Waals surface area contributed by atoms with E-state index in [1.165, 1.54) is 18.1 Å². The topological polar surface area (TPSA) is 105 Å². The summed E-state index contributed by atoms with van der Waals surface area (Å²) in [6, 6.07) is 0.941. The third-order valence-electron chi connectivity index (χ3n) is 2.93. The number of rotatable bonds is 3. The van der Waals surface area contributed by atoms with Crippen LogP contribution in [-0.2, 0) is 14.3 Å². The highest BCUT2D eigenvalue weighted by Gasteiger charge is 2.30. The smallest absolute Gasteiger partial charge is 0.338 e. The van der Waals surface area contributed by atoms with Crippen LogP contribution in [0.4, 0.5) is 9.80 Å². The van der Waals surface area contributed by atoms with Crippen molar-refractivity contribution in [1.29, 1.82) is 0 Å². The molecule has 1 aliphatic heterocycles. The Labute approximate surface area is 124 Å². The summed E-state index contributed by atoms with van der Waals surface area (Å²) in [4.78, 5) is 35.9. The van der Waals surface area contributed by atoms with Gasteiger partial charge in [-0.1, -0.05) is 0 Å². The Hall–Kier alpha value is -2.13. The summed E-state index contributed by atoms with van der Waals surface area (Å²) in [5, 5.41) is 13.4. The van der Waals surface area contributed by atoms with Crippen LogP contribution in [0.15, 0.2) is 11.4 Å². The Kier molecular flexibility index (Phi) is 4.76. The average Bonchev–Trinajstić information content (AvgIpc) is 2.94. The second-order valence-corrected chi connectivity index (χ2v) is 5.14. The quantitative estimate of drug-likeness (QED) is 0.801. The number of aromatic carboxylic acids is 1. The van der Waals surface area contributed by atoms with E-state index in [0.29, 0.717) is 6.54 Å². The van der Waals surface area contributed by atoms with Gasteiger partial charge in [-0.05, 0) is 11.4 Å². The lowest BCUT2D eigenvalue weighted by molar-refractivity contribution is -0.158. The highest BCUT2D eigenvalue weighted by molar-refractivity contribution is 7.14. The monoisotopic (exact) mass is 314 g/mol. The number of nitrogens with one attached hydrogen (secondary N) is 1. The van der Waals surface area contributed by atoms with E-state index in [-0.39, 0.29) is 23.7 Å². The van der Waals surface area contributed by atoms with Gasteiger partial charge in [-0.2, -0.15) is 0 Å². The maximum absolute atomic E-state index is 12.1. The molecule has 1 aromatic rings. The number of hydrogen-bond acceptors (Lipinski definition) is 6. The summed E-state index contributed by atoms with van der Waals surface area (Å²) in [7, 11) is 1.25. The molecule has 1 atom stereocenters. The van der Waals surface area contributed by atoms with Crippen LogP contribution in [0.25, 0.3) is 0 Å². The summed E-state index contributed by atoms with van der Waals surface area (Å²) in [5.74, 6) is -1.66. The molecule has 0 saturated carbocycles. The van der Waals surface area contributed by atoms with Gasteiger partial charge < -0.3 is 19.5 Å². The molecule has 114 valence electrons. The molecule has 21 heavy (non-hydrogen) atoms. The molecule has 0 aromatic carbocycles. The molecule has 1 aromatic heterocycles. The van der Waals surface area contributed by atoms with Crippen LogP contribution in [-0.4, -0.2) is 60.9 Å². The molecular formula is C12H14N2O6S. The first kappa shape index (κ1) is 15.3. The predicted molar refractivity (Wildman–Crippen MR) is 73.6 cm³/mol. The Morgan fingerprint density at radius 2 is 2.29 bits per heavy atom. The van der Waals surface area contributed by atoms with E-state index in [0.717, 1.165) is 11.3 Å². The van der Waals surface area contributed by atoms with Gasteiger partial charge in [0.1, 0.15) is 5.00 Å². The number of amides is 2. The number of anilines is 1. The first-order valence-electron chi connectivity index (χ1n) is 6.09. The molecule has 0 spiro atoms. The van der Waals surface area contributed by atoms with Gasteiger partial charge in [0.2, 0.25) is 0 Å². The lowest BCUT2D eigenvalue weighted by Crippen LogP contribution is -2.50. The summed E-state index contributed by atoms with van der Waals surface area (Å²) in [6.07, 6.45) is -0.822. The van der Waals surface area contributed by atoms with Gasteiger partial charge in [0.05, 0.1) is 25.8 Å². The first-order chi connectivity index (χ1) is 10.0. The minimum Gasteiger partial charge on any atom is -0.478 e. The van der Waals surface area contributed by atoms with Crippen molar-refractivity contribution in [2.75, 3.05) is 32.1 Å². The van der Waals surface area contributed by atoms with Crippen molar-refractivity contribution in [3.05, 3.63) is 17.0 Å². The van der Waals surface area contributed by atoms with Crippen LogP contribution in [0.3, 0.4) is 0 Å². The van der Waals surface area contributed by atoms with E-state index in [1.807, 2.05) is 0 Å². The number of methoxy groups -OCH3 is 1. The summed E-state index contributed by atoms with van der Waals surface area (Å²) in [6.45, 7) is 0.586. The van der Waals surface area contributed by atoms with Crippen molar-refractivity contribution in [1.82, 2.24) is 4.90 Å². The standard InChI is InChI=1S/C12H14N2O6S/c1-19-11(17)8-6-14(3-4-20-8)12(18)13-9-7(10(15)16)2-5-21-9/h2,5,8H,3-4,6H2,1H3,(H,13,18)(H,15,16). The van der Waals surface area contributed by atoms with Gasteiger partial charge in [-0.25, -0.2) is 14.4 Å². The van der Waals surface area contributed by atoms with E-state index in [4.69, 9.17) is 9.84 Å². The molecule has 1 aliphatic rings. The number of ether oxygens (including phenoxy) is 2. The van der Waals surface area contributed by atoms with Crippen LogP contribution in [0.1, 0.15) is 10.4 Å². The van der Waals surface area contributed by atoms with Crippen molar-refractivity contribution in [3.63, 3.8) is 0 Å². The van der Waals surface area contributed by atoms with Gasteiger partial charge in [-0.15, -0.1) is 11.3 Å². The molecule has 0 bridgehead atoms. The van der Waals surface area contributed by atoms with Crippen LogP contribution in [0, 0.1) is 0 Å². The van der Waals surface area contributed by atoms with E-state index >= 15 is 0 Å². The Morgan fingerprint density at radius 1 is 1.52 bits per heavy atom. The lowest BCUT2D eigenvalue weighted by atomic mass is 10.3. The largest absolute Gasteiger partial charge is 0.478 e. The average molecular weight is 314 g/mol. The highest BCUT2D eigenvalue weighted by atomic mass is 32.1. The Morgan fingerprint density at radius 3 is 2.95 bits per heavy atom. The Balaban J connectivity index is 2.01. The molecule has 2 heterocycles. The molecule has 2 rings (SSSR count). The van der Waals surface area contributed by atoms with Gasteiger partial charge >= 0.3 is 18.0 Å². The van der Waals surface area contributed by atoms with Gasteiger partial charge in [-0.3, -0.25) is 5.32 Å². The van der Waals surface area contributed by atoms with E-state index in [2.05, 4.69) is 10.1 Å². The normalized spacial score (nSPS) is 18.1. The molecular weight excluding hydrogens is 300 g/mol. The summed E-state index contributed by atoms with van der Waals surface area (Å²) >= 11 is 1.12. The molecule has 1 saturated heterocycles. The van der Waals surface area contributed by atoms with E-state index < -0.39 is 24.1 Å². The fourth-order valence-electron chi connectivity index (χ4n) is 1.86. The van der Waals surface area contributed by atoms with Crippen LogP contribution < -0.4 is 5.32 Å². The lowest BCUT2D eigenvalue weighted by Gasteiger charge is -2.31. The fraction of sp³-hybridized carbons (Fsp3) is 0.417. The molecule has 0 aliphatic carbocycles. The molecule has 8 nitrogen and oxygen atoms in total. The van der Waals surface area contributed by atoms with Crippen molar-refractivity contribution in [2.45, 2.75) is 6.10 Å². The third-order valence-corrected chi connectivity index (χ3v) is 3.76. The second-order valence-electron chi connectivity index (χ2n) is 4.23. The van der Waals surface area contributed by atoms with Gasteiger partial charge in [0, 0.05) is 6.54 Å². The van der Waals surface area contributed by atoms with Crippen LogP contribution in [0.5, 0.6) is 0 Å². The number of nitrogens with zero attached hydrogens (tertiary/aromatic N) is 1. The van der Waals surface area contributed by atoms with Crippen molar-refractivity contribution < 1.29 is 29.0 Å². The summed E-state index contributed by atoms with van der Waals surface area (Å²) < 4.78 is 9.80. The number of carbonyl (C=O) groups excluding carboxylic acids is 2. The van der Waals surface area contributed by atoms with Crippen molar-refractivity contribution in [3.8, 4) is 0 Å². The molecule has 2 amide bonds. The number of thiophene rings is 1.